The molecule has 0 bridgehead atoms. The van der Waals surface area contributed by atoms with Crippen molar-refractivity contribution >= 4 is 27.5 Å². The quantitative estimate of drug-likeness (QED) is 0.764. The van der Waals surface area contributed by atoms with E-state index < -0.39 is 11.2 Å². The Balaban J connectivity index is 2.69. The average molecular weight is 300 g/mol. The van der Waals surface area contributed by atoms with Crippen molar-refractivity contribution in [2.24, 2.45) is 0 Å². The maximum absolute atomic E-state index is 10.0. The molecule has 5 heteroatoms. The molecule has 1 heterocycles. The number of hydrogen-bond donors (Lipinski definition) is 2. The first kappa shape index (κ1) is 13.5. The fraction of sp³-hybridized carbons (Fsp3) is 0.800. The van der Waals surface area contributed by atoms with Crippen molar-refractivity contribution in [1.29, 1.82) is 0 Å². The lowest BCUT2D eigenvalue weighted by Gasteiger charge is -2.42. The fourth-order valence-corrected chi connectivity index (χ4v) is 2.24. The van der Waals surface area contributed by atoms with Crippen LogP contribution in [0.25, 0.3) is 0 Å². The third kappa shape index (κ3) is 3.17. The molecule has 1 aliphatic heterocycles. The van der Waals surface area contributed by atoms with Crippen molar-refractivity contribution < 1.29 is 14.9 Å². The van der Waals surface area contributed by atoms with Gasteiger partial charge < -0.3 is 14.9 Å². The van der Waals surface area contributed by atoms with Crippen LogP contribution in [0, 0.1) is 0 Å². The molecule has 0 saturated carbocycles. The Labute approximate surface area is 103 Å². The summed E-state index contributed by atoms with van der Waals surface area (Å²) in [5.74, 6) is 0. The average Bonchev–Trinajstić information content (AvgIpc) is 2.09. The normalized spacial score (nSPS) is 41.7. The summed E-state index contributed by atoms with van der Waals surface area (Å²) in [4.78, 5) is -0.0982. The van der Waals surface area contributed by atoms with Crippen molar-refractivity contribution in [3.8, 4) is 0 Å². The second kappa shape index (κ2) is 4.72. The third-order valence-electron chi connectivity index (χ3n) is 2.72. The molecule has 1 fully saturated rings. The summed E-state index contributed by atoms with van der Waals surface area (Å²) in [6.07, 6.45) is 1.65. The number of ether oxygens (including phenoxy) is 1. The Morgan fingerprint density at radius 2 is 2.27 bits per heavy atom. The molecule has 0 aromatic carbocycles. The molecular formula is C10H16BrClO3. The maximum Gasteiger partial charge on any atom is 0.107 e. The highest BCUT2D eigenvalue weighted by Gasteiger charge is 2.43. The number of rotatable bonds is 2. The van der Waals surface area contributed by atoms with Gasteiger partial charge in [-0.3, -0.25) is 0 Å². The Kier molecular flexibility index (Phi) is 4.23. The Hall–Kier alpha value is 0.390. The predicted molar refractivity (Wildman–Crippen MR) is 63.3 cm³/mol. The number of aliphatic hydroxyl groups is 2. The van der Waals surface area contributed by atoms with E-state index in [0.29, 0.717) is 6.42 Å². The molecule has 1 saturated heterocycles. The van der Waals surface area contributed by atoms with E-state index in [9.17, 15) is 10.2 Å². The predicted octanol–water partition coefficient (Wildman–Crippen LogP) is 1.79. The first-order valence-electron chi connectivity index (χ1n) is 4.78. The van der Waals surface area contributed by atoms with E-state index in [1.54, 1.807) is 13.8 Å². The highest BCUT2D eigenvalue weighted by atomic mass is 79.9. The first-order chi connectivity index (χ1) is 6.79. The smallest absolute Gasteiger partial charge is 0.107 e. The highest BCUT2D eigenvalue weighted by Crippen LogP contribution is 2.33. The van der Waals surface area contributed by atoms with Gasteiger partial charge in [0.05, 0.1) is 18.3 Å². The molecule has 4 atom stereocenters. The van der Waals surface area contributed by atoms with E-state index in [0.717, 1.165) is 0 Å². The van der Waals surface area contributed by atoms with Gasteiger partial charge in [-0.2, -0.15) is 0 Å². The lowest BCUT2D eigenvalue weighted by molar-refractivity contribution is -0.152. The molecule has 88 valence electrons. The molecule has 1 aliphatic rings. The van der Waals surface area contributed by atoms with Crippen LogP contribution < -0.4 is 0 Å². The Bertz CT molecular complexity index is 253. The zero-order valence-electron chi connectivity index (χ0n) is 8.78. The Morgan fingerprint density at radius 1 is 1.67 bits per heavy atom. The van der Waals surface area contributed by atoms with Gasteiger partial charge in [0.1, 0.15) is 5.60 Å². The topological polar surface area (TPSA) is 49.7 Å². The zero-order valence-corrected chi connectivity index (χ0v) is 11.1. The second-order valence-electron chi connectivity index (χ2n) is 4.38. The third-order valence-corrected chi connectivity index (χ3v) is 4.21. The van der Waals surface area contributed by atoms with Crippen LogP contribution in [-0.2, 0) is 4.74 Å². The largest absolute Gasteiger partial charge is 0.387 e. The van der Waals surface area contributed by atoms with Crippen molar-refractivity contribution in [1.82, 2.24) is 0 Å². The van der Waals surface area contributed by atoms with Gasteiger partial charge in [-0.05, 0) is 26.3 Å². The summed E-state index contributed by atoms with van der Waals surface area (Å²) in [5.41, 5.74) is -0.721. The molecule has 3 nitrogen and oxygen atoms in total. The van der Waals surface area contributed by atoms with Crippen LogP contribution in [0.15, 0.2) is 11.6 Å². The summed E-state index contributed by atoms with van der Waals surface area (Å²) in [7, 11) is 0. The molecule has 0 aromatic rings. The second-order valence-corrected chi connectivity index (χ2v) is 5.74. The van der Waals surface area contributed by atoms with Gasteiger partial charge in [-0.15, -0.1) is 0 Å². The first-order valence-corrected chi connectivity index (χ1v) is 6.13. The van der Waals surface area contributed by atoms with Crippen LogP contribution in [0.3, 0.4) is 0 Å². The van der Waals surface area contributed by atoms with Crippen LogP contribution in [0.4, 0.5) is 0 Å². The summed E-state index contributed by atoms with van der Waals surface area (Å²) < 4.78 is 5.44. The van der Waals surface area contributed by atoms with E-state index in [-0.39, 0.29) is 17.5 Å². The fourth-order valence-electron chi connectivity index (χ4n) is 1.51. The lowest BCUT2D eigenvalue weighted by atomic mass is 9.88. The molecule has 0 radical (unpaired) electrons. The van der Waals surface area contributed by atoms with Gasteiger partial charge in [0.2, 0.25) is 0 Å². The number of halogens is 2. The van der Waals surface area contributed by atoms with Crippen LogP contribution in [0.1, 0.15) is 20.3 Å². The summed E-state index contributed by atoms with van der Waals surface area (Å²) >= 11 is 8.84. The molecule has 0 spiro atoms. The Morgan fingerprint density at radius 3 is 2.73 bits per heavy atom. The van der Waals surface area contributed by atoms with Crippen LogP contribution >= 0.6 is 27.5 Å². The van der Waals surface area contributed by atoms with E-state index >= 15 is 0 Å². The molecule has 0 aliphatic carbocycles. The van der Waals surface area contributed by atoms with Crippen molar-refractivity contribution in [2.75, 3.05) is 6.61 Å². The van der Waals surface area contributed by atoms with Gasteiger partial charge >= 0.3 is 0 Å². The van der Waals surface area contributed by atoms with Gasteiger partial charge in [-0.25, -0.2) is 0 Å². The minimum Gasteiger partial charge on any atom is -0.387 e. The minimum atomic E-state index is -1.11. The van der Waals surface area contributed by atoms with E-state index in [4.69, 9.17) is 16.3 Å². The van der Waals surface area contributed by atoms with Gasteiger partial charge in [0.15, 0.2) is 0 Å². The van der Waals surface area contributed by atoms with E-state index in [2.05, 4.69) is 15.9 Å². The molecule has 0 aromatic heterocycles. The monoisotopic (exact) mass is 298 g/mol. The number of hydrogen-bond acceptors (Lipinski definition) is 3. The molecular weight excluding hydrogens is 283 g/mol. The standard InChI is InChI=1S/C10H16BrClO3/c1-9(13,3-4-12)8-5-7(11)10(2,14)6-15-8/h3-4,7-8,13-14H,5-6H2,1-2H3/b4-3+/t7-,8+,9+,10-/m0/s1. The van der Waals surface area contributed by atoms with Gasteiger partial charge in [0, 0.05) is 10.4 Å². The molecule has 0 amide bonds. The molecule has 15 heavy (non-hydrogen) atoms. The molecule has 2 N–H and O–H groups in total. The molecule has 1 rings (SSSR count). The van der Waals surface area contributed by atoms with Crippen molar-refractivity contribution in [3.63, 3.8) is 0 Å². The van der Waals surface area contributed by atoms with Crippen molar-refractivity contribution in [3.05, 3.63) is 11.6 Å². The van der Waals surface area contributed by atoms with Crippen LogP contribution in [0.2, 0.25) is 0 Å². The number of alkyl halides is 1. The van der Waals surface area contributed by atoms with E-state index in [1.165, 1.54) is 11.6 Å². The highest BCUT2D eigenvalue weighted by molar-refractivity contribution is 9.09. The van der Waals surface area contributed by atoms with Crippen molar-refractivity contribution in [2.45, 2.75) is 42.4 Å². The lowest BCUT2D eigenvalue weighted by Crippen LogP contribution is -2.53. The summed E-state index contributed by atoms with van der Waals surface area (Å²) in [5, 5.41) is 19.9. The minimum absolute atomic E-state index is 0.0982. The van der Waals surface area contributed by atoms with Gasteiger partial charge in [-0.1, -0.05) is 27.5 Å². The molecule has 0 unspecified atom stereocenters. The summed E-state index contributed by atoms with van der Waals surface area (Å²) in [6, 6.07) is 0. The van der Waals surface area contributed by atoms with E-state index in [1.807, 2.05) is 0 Å². The SMILES string of the molecule is C[C@]1(O)CO[C@@H]([C@](C)(O)/C=C/Cl)C[C@@H]1Br. The zero-order chi connectivity index (χ0) is 11.7. The summed E-state index contributed by atoms with van der Waals surface area (Å²) in [6.45, 7) is 3.53. The van der Waals surface area contributed by atoms with Crippen LogP contribution in [0.5, 0.6) is 0 Å². The van der Waals surface area contributed by atoms with Crippen LogP contribution in [-0.4, -0.2) is 39.0 Å². The maximum atomic E-state index is 10.0. The van der Waals surface area contributed by atoms with Gasteiger partial charge in [0.25, 0.3) is 0 Å².